The summed E-state index contributed by atoms with van der Waals surface area (Å²) in [6.07, 6.45) is -0.218. The van der Waals surface area contributed by atoms with Gasteiger partial charge in [-0.3, -0.25) is 9.59 Å². The van der Waals surface area contributed by atoms with Crippen molar-refractivity contribution >= 4 is 11.9 Å². The lowest BCUT2D eigenvalue weighted by Crippen LogP contribution is -2.45. The van der Waals surface area contributed by atoms with Crippen molar-refractivity contribution in [3.8, 4) is 11.5 Å². The molecule has 108 valence electrons. The zero-order chi connectivity index (χ0) is 14.5. The lowest BCUT2D eigenvalue weighted by molar-refractivity contribution is -0.141. The number of carboxylic acid groups (broad SMARTS) is 1. The smallest absolute Gasteiger partial charge is 0.303 e. The third-order valence-electron chi connectivity index (χ3n) is 3.04. The molecule has 6 nitrogen and oxygen atoms in total. The molecule has 6 heteroatoms. The Hall–Kier alpha value is -2.24. The predicted octanol–water partition coefficient (Wildman–Crippen LogP) is 1.15. The second-order valence-electron chi connectivity index (χ2n) is 4.62. The number of carbonyl (C=O) groups excluding carboxylic acids is 1. The minimum atomic E-state index is -0.864. The van der Waals surface area contributed by atoms with Crippen LogP contribution < -0.4 is 9.47 Å². The summed E-state index contributed by atoms with van der Waals surface area (Å²) in [5, 5.41) is 8.57. The van der Waals surface area contributed by atoms with Crippen LogP contribution in [-0.2, 0) is 9.59 Å². The first-order chi connectivity index (χ1) is 9.58. The van der Waals surface area contributed by atoms with Crippen molar-refractivity contribution in [2.45, 2.75) is 18.9 Å². The highest BCUT2D eigenvalue weighted by atomic mass is 16.6. The van der Waals surface area contributed by atoms with E-state index in [0.717, 1.165) is 0 Å². The van der Waals surface area contributed by atoms with Gasteiger partial charge in [0.05, 0.1) is 0 Å². The van der Waals surface area contributed by atoms with Crippen LogP contribution in [0, 0.1) is 0 Å². The van der Waals surface area contributed by atoms with Gasteiger partial charge in [-0.25, -0.2) is 0 Å². The van der Waals surface area contributed by atoms with Gasteiger partial charge in [-0.1, -0.05) is 12.1 Å². The number of carbonyl (C=O) groups is 2. The van der Waals surface area contributed by atoms with Crippen molar-refractivity contribution in [3.63, 3.8) is 0 Å². The van der Waals surface area contributed by atoms with Crippen LogP contribution >= 0.6 is 0 Å². The fraction of sp³-hybridized carbons (Fsp3) is 0.429. The molecule has 2 rings (SSSR count). The molecule has 0 spiro atoms. The normalized spacial score (nSPS) is 16.6. The van der Waals surface area contributed by atoms with Crippen LogP contribution in [-0.4, -0.2) is 48.2 Å². The molecular formula is C14H17NO5. The van der Waals surface area contributed by atoms with E-state index in [0.29, 0.717) is 24.5 Å². The Labute approximate surface area is 116 Å². The van der Waals surface area contributed by atoms with Crippen molar-refractivity contribution in [1.82, 2.24) is 4.90 Å². The fourth-order valence-corrected chi connectivity index (χ4v) is 1.96. The van der Waals surface area contributed by atoms with E-state index < -0.39 is 12.1 Å². The molecular weight excluding hydrogens is 262 g/mol. The highest BCUT2D eigenvalue weighted by Gasteiger charge is 2.29. The number of aliphatic carboxylic acids is 1. The van der Waals surface area contributed by atoms with E-state index in [1.54, 1.807) is 19.2 Å². The largest absolute Gasteiger partial charge is 0.485 e. The van der Waals surface area contributed by atoms with Gasteiger partial charge in [0.1, 0.15) is 6.61 Å². The maximum Gasteiger partial charge on any atom is 0.303 e. The first-order valence-electron chi connectivity index (χ1n) is 6.43. The summed E-state index contributed by atoms with van der Waals surface area (Å²) in [4.78, 5) is 24.1. The number of ether oxygens (including phenoxy) is 2. The number of hydrogen-bond donors (Lipinski definition) is 1. The van der Waals surface area contributed by atoms with Crippen LogP contribution in [0.5, 0.6) is 11.5 Å². The van der Waals surface area contributed by atoms with E-state index in [1.165, 1.54) is 4.90 Å². The number of likely N-dealkylation sites (N-methyl/N-ethyl adjacent to an activating group) is 1. The van der Waals surface area contributed by atoms with Gasteiger partial charge in [-0.05, 0) is 18.6 Å². The Kier molecular flexibility index (Phi) is 4.45. The lowest BCUT2D eigenvalue weighted by atomic mass is 10.2. The summed E-state index contributed by atoms with van der Waals surface area (Å²) in [6, 6.07) is 7.18. The molecule has 1 unspecified atom stereocenters. The molecule has 0 aromatic heterocycles. The molecule has 1 atom stereocenters. The first-order valence-corrected chi connectivity index (χ1v) is 6.43. The van der Waals surface area contributed by atoms with Gasteiger partial charge in [0.2, 0.25) is 6.10 Å². The fourth-order valence-electron chi connectivity index (χ4n) is 1.96. The van der Waals surface area contributed by atoms with E-state index in [1.807, 2.05) is 12.1 Å². The minimum absolute atomic E-state index is 0.0441. The number of fused-ring (bicyclic) bond motifs is 1. The maximum absolute atomic E-state index is 12.2. The molecule has 1 N–H and O–H groups in total. The molecule has 1 aromatic rings. The van der Waals surface area contributed by atoms with Gasteiger partial charge in [-0.15, -0.1) is 0 Å². The molecule has 0 saturated carbocycles. The topological polar surface area (TPSA) is 76.1 Å². The molecule has 0 fully saturated rings. The number of rotatable bonds is 5. The van der Waals surface area contributed by atoms with Crippen molar-refractivity contribution in [3.05, 3.63) is 24.3 Å². The second kappa shape index (κ2) is 6.27. The molecule has 1 heterocycles. The average Bonchev–Trinajstić information content (AvgIpc) is 2.45. The number of carboxylic acids is 1. The van der Waals surface area contributed by atoms with E-state index in [9.17, 15) is 9.59 Å². The third-order valence-corrected chi connectivity index (χ3v) is 3.04. The summed E-state index contributed by atoms with van der Waals surface area (Å²) in [6.45, 7) is 0.547. The van der Waals surface area contributed by atoms with Crippen molar-refractivity contribution in [2.24, 2.45) is 0 Å². The summed E-state index contributed by atoms with van der Waals surface area (Å²) in [5.74, 6) is 0.114. The number of hydrogen-bond acceptors (Lipinski definition) is 4. The van der Waals surface area contributed by atoms with Crippen molar-refractivity contribution < 1.29 is 24.2 Å². The zero-order valence-corrected chi connectivity index (χ0v) is 11.2. The van der Waals surface area contributed by atoms with E-state index >= 15 is 0 Å². The molecule has 1 aliphatic rings. The van der Waals surface area contributed by atoms with Crippen LogP contribution in [0.25, 0.3) is 0 Å². The quantitative estimate of drug-likeness (QED) is 0.875. The third kappa shape index (κ3) is 3.40. The lowest BCUT2D eigenvalue weighted by Gasteiger charge is -2.28. The van der Waals surface area contributed by atoms with Crippen LogP contribution in [0.4, 0.5) is 0 Å². The average molecular weight is 279 g/mol. The maximum atomic E-state index is 12.2. The van der Waals surface area contributed by atoms with Crippen LogP contribution in [0.1, 0.15) is 12.8 Å². The van der Waals surface area contributed by atoms with Crippen LogP contribution in [0.15, 0.2) is 24.3 Å². The van der Waals surface area contributed by atoms with Crippen molar-refractivity contribution in [1.29, 1.82) is 0 Å². The van der Waals surface area contributed by atoms with Gasteiger partial charge in [-0.2, -0.15) is 0 Å². The summed E-state index contributed by atoms with van der Waals surface area (Å²) in [5.41, 5.74) is 0. The Morgan fingerprint density at radius 3 is 2.75 bits per heavy atom. The van der Waals surface area contributed by atoms with Gasteiger partial charge in [0.25, 0.3) is 5.91 Å². The van der Waals surface area contributed by atoms with E-state index in [2.05, 4.69) is 0 Å². The van der Waals surface area contributed by atoms with Crippen molar-refractivity contribution in [2.75, 3.05) is 20.2 Å². The zero-order valence-electron chi connectivity index (χ0n) is 11.2. The van der Waals surface area contributed by atoms with Crippen LogP contribution in [0.2, 0.25) is 0 Å². The minimum Gasteiger partial charge on any atom is -0.485 e. The van der Waals surface area contributed by atoms with Gasteiger partial charge in [0, 0.05) is 20.0 Å². The first kappa shape index (κ1) is 14.2. The molecule has 0 aliphatic carbocycles. The summed E-state index contributed by atoms with van der Waals surface area (Å²) >= 11 is 0. The second-order valence-corrected chi connectivity index (χ2v) is 4.62. The molecule has 0 bridgehead atoms. The SMILES string of the molecule is CN(CCCC(=O)O)C(=O)C1COc2ccccc2O1. The number of nitrogens with zero attached hydrogens (tertiary/aromatic N) is 1. The standard InChI is InChI=1S/C14H17NO5/c1-15(8-4-7-13(16)17)14(18)12-9-19-10-5-2-3-6-11(10)20-12/h2-3,5-6,12H,4,7-9H2,1H3,(H,16,17). The van der Waals surface area contributed by atoms with Crippen LogP contribution in [0.3, 0.4) is 0 Å². The molecule has 1 amide bonds. The highest BCUT2D eigenvalue weighted by molar-refractivity contribution is 5.81. The van der Waals surface area contributed by atoms with E-state index in [4.69, 9.17) is 14.6 Å². The Bertz CT molecular complexity index is 502. The van der Waals surface area contributed by atoms with Gasteiger partial charge < -0.3 is 19.5 Å². The Balaban J connectivity index is 1.89. The van der Waals surface area contributed by atoms with E-state index in [-0.39, 0.29) is 18.9 Å². The van der Waals surface area contributed by atoms with Gasteiger partial charge in [0.15, 0.2) is 11.5 Å². The summed E-state index contributed by atoms with van der Waals surface area (Å²) in [7, 11) is 1.63. The molecule has 1 aliphatic heterocycles. The number of para-hydroxylation sites is 2. The number of amides is 1. The highest BCUT2D eigenvalue weighted by Crippen LogP contribution is 2.31. The number of benzene rings is 1. The molecule has 0 saturated heterocycles. The Morgan fingerprint density at radius 1 is 1.35 bits per heavy atom. The van der Waals surface area contributed by atoms with Gasteiger partial charge >= 0.3 is 5.97 Å². The molecule has 20 heavy (non-hydrogen) atoms. The summed E-state index contributed by atoms with van der Waals surface area (Å²) < 4.78 is 11.1. The Morgan fingerprint density at radius 2 is 2.05 bits per heavy atom. The molecule has 1 aromatic carbocycles. The molecule has 0 radical (unpaired) electrons. The monoisotopic (exact) mass is 279 g/mol. The predicted molar refractivity (Wildman–Crippen MR) is 70.9 cm³/mol.